The minimum absolute atomic E-state index is 0.0244. The van der Waals surface area contributed by atoms with E-state index in [4.69, 9.17) is 9.47 Å². The van der Waals surface area contributed by atoms with Gasteiger partial charge in [-0.25, -0.2) is 0 Å². The first-order valence-electron chi connectivity index (χ1n) is 7.88. The van der Waals surface area contributed by atoms with Crippen molar-refractivity contribution in [2.45, 2.75) is 24.7 Å². The van der Waals surface area contributed by atoms with Gasteiger partial charge in [-0.15, -0.1) is 0 Å². The van der Waals surface area contributed by atoms with Gasteiger partial charge < -0.3 is 14.4 Å². The third-order valence-corrected chi connectivity index (χ3v) is 5.35. The highest BCUT2D eigenvalue weighted by atomic mass is 16.5. The number of nitrogens with zero attached hydrogens (tertiary/aromatic N) is 1. The fourth-order valence-corrected chi connectivity index (χ4v) is 4.17. The highest BCUT2D eigenvalue weighted by molar-refractivity contribution is 5.91. The summed E-state index contributed by atoms with van der Waals surface area (Å²) in [7, 11) is 1.36. The van der Waals surface area contributed by atoms with Gasteiger partial charge >= 0.3 is 5.97 Å². The number of fused-ring (bicyclic) bond motifs is 1. The van der Waals surface area contributed by atoms with E-state index in [-0.39, 0.29) is 24.0 Å². The Kier molecular flexibility index (Phi) is 3.10. The van der Waals surface area contributed by atoms with E-state index in [9.17, 15) is 9.59 Å². The molecule has 0 aliphatic carbocycles. The summed E-state index contributed by atoms with van der Waals surface area (Å²) in [6.07, 6.45) is 3.50. The van der Waals surface area contributed by atoms with E-state index in [1.54, 1.807) is 0 Å². The predicted molar refractivity (Wildman–Crippen MR) is 82.3 cm³/mol. The Balaban J connectivity index is 1.67. The molecule has 0 N–H and O–H groups in total. The third-order valence-electron chi connectivity index (χ3n) is 5.35. The first-order chi connectivity index (χ1) is 11.1. The summed E-state index contributed by atoms with van der Waals surface area (Å²) in [4.78, 5) is 27.0. The molecule has 5 heteroatoms. The molecule has 2 fully saturated rings. The zero-order valence-corrected chi connectivity index (χ0v) is 13.1. The molecule has 4 rings (SSSR count). The van der Waals surface area contributed by atoms with Gasteiger partial charge in [0, 0.05) is 0 Å². The maximum atomic E-state index is 13.0. The molecular weight excluding hydrogens is 294 g/mol. The lowest BCUT2D eigenvalue weighted by molar-refractivity contribution is -0.151. The summed E-state index contributed by atoms with van der Waals surface area (Å²) >= 11 is 0. The molecule has 2 saturated heterocycles. The maximum Gasteiger partial charge on any atom is 0.312 e. The molecule has 5 atom stereocenters. The number of carbonyl (C=O) groups excluding carboxylic acids is 2. The SMILES string of the molecule is COC(=O)[C@H]1[C@H]2C(=O)N([C@@H](C)c3ccccc3)C[C@]23C=C[C@H]1O3. The molecule has 0 radical (unpaired) electrons. The van der Waals surface area contributed by atoms with Crippen LogP contribution in [0.1, 0.15) is 18.5 Å². The van der Waals surface area contributed by atoms with Crippen LogP contribution in [0, 0.1) is 11.8 Å². The van der Waals surface area contributed by atoms with Crippen molar-refractivity contribution in [2.75, 3.05) is 13.7 Å². The van der Waals surface area contributed by atoms with E-state index in [1.165, 1.54) is 7.11 Å². The van der Waals surface area contributed by atoms with Gasteiger partial charge in [0.2, 0.25) is 5.91 Å². The van der Waals surface area contributed by atoms with Gasteiger partial charge in [-0.3, -0.25) is 9.59 Å². The van der Waals surface area contributed by atoms with Crippen molar-refractivity contribution in [1.29, 1.82) is 0 Å². The molecular formula is C18H19NO4. The van der Waals surface area contributed by atoms with Crippen molar-refractivity contribution in [2.24, 2.45) is 11.8 Å². The van der Waals surface area contributed by atoms with Crippen LogP contribution in [0.25, 0.3) is 0 Å². The summed E-state index contributed by atoms with van der Waals surface area (Å²) < 4.78 is 10.9. The van der Waals surface area contributed by atoms with Gasteiger partial charge in [0.25, 0.3) is 0 Å². The predicted octanol–water partition coefficient (Wildman–Crippen LogP) is 1.70. The molecule has 0 saturated carbocycles. The van der Waals surface area contributed by atoms with Crippen LogP contribution in [-0.2, 0) is 19.1 Å². The molecule has 5 nitrogen and oxygen atoms in total. The van der Waals surface area contributed by atoms with E-state index < -0.39 is 17.4 Å². The van der Waals surface area contributed by atoms with Gasteiger partial charge in [-0.1, -0.05) is 42.5 Å². The number of esters is 1. The first kappa shape index (κ1) is 14.5. The fraction of sp³-hybridized carbons (Fsp3) is 0.444. The molecule has 1 amide bonds. The Hall–Kier alpha value is -2.14. The number of hydrogen-bond acceptors (Lipinski definition) is 4. The normalized spacial score (nSPS) is 35.5. The van der Waals surface area contributed by atoms with Crippen molar-refractivity contribution >= 4 is 11.9 Å². The largest absolute Gasteiger partial charge is 0.469 e. The molecule has 1 spiro atoms. The van der Waals surface area contributed by atoms with Crippen LogP contribution in [0.5, 0.6) is 0 Å². The molecule has 0 aromatic heterocycles. The lowest BCUT2D eigenvalue weighted by Crippen LogP contribution is -2.39. The smallest absolute Gasteiger partial charge is 0.312 e. The molecule has 3 aliphatic heterocycles. The molecule has 0 unspecified atom stereocenters. The maximum absolute atomic E-state index is 13.0. The molecule has 23 heavy (non-hydrogen) atoms. The molecule has 1 aromatic carbocycles. The van der Waals surface area contributed by atoms with Crippen LogP contribution >= 0.6 is 0 Å². The quantitative estimate of drug-likeness (QED) is 0.629. The highest BCUT2D eigenvalue weighted by Crippen LogP contribution is 2.53. The van der Waals surface area contributed by atoms with Crippen LogP contribution in [0.2, 0.25) is 0 Å². The van der Waals surface area contributed by atoms with E-state index in [0.717, 1.165) is 5.56 Å². The van der Waals surface area contributed by atoms with Crippen LogP contribution in [-0.4, -0.2) is 42.1 Å². The zero-order valence-electron chi connectivity index (χ0n) is 13.1. The van der Waals surface area contributed by atoms with Gasteiger partial charge in [0.15, 0.2) is 0 Å². The zero-order chi connectivity index (χ0) is 16.2. The van der Waals surface area contributed by atoms with E-state index in [1.807, 2.05) is 54.3 Å². The van der Waals surface area contributed by atoms with Crippen molar-refractivity contribution in [3.63, 3.8) is 0 Å². The third kappa shape index (κ3) is 1.89. The van der Waals surface area contributed by atoms with E-state index in [0.29, 0.717) is 6.54 Å². The second kappa shape index (κ2) is 4.93. The van der Waals surface area contributed by atoms with E-state index in [2.05, 4.69) is 0 Å². The van der Waals surface area contributed by atoms with Gasteiger partial charge in [0.05, 0.1) is 31.7 Å². The number of rotatable bonds is 3. The fourth-order valence-electron chi connectivity index (χ4n) is 4.17. The Labute approximate surface area is 134 Å². The summed E-state index contributed by atoms with van der Waals surface area (Å²) in [6.45, 7) is 2.49. The van der Waals surface area contributed by atoms with Gasteiger partial charge in [0.1, 0.15) is 11.5 Å². The molecule has 2 bridgehead atoms. The Morgan fingerprint density at radius 3 is 2.83 bits per heavy atom. The summed E-state index contributed by atoms with van der Waals surface area (Å²) in [6, 6.07) is 9.84. The Morgan fingerprint density at radius 2 is 2.13 bits per heavy atom. The second-order valence-electron chi connectivity index (χ2n) is 6.48. The molecule has 1 aromatic rings. The summed E-state index contributed by atoms with van der Waals surface area (Å²) in [5.41, 5.74) is 0.397. The van der Waals surface area contributed by atoms with Gasteiger partial charge in [-0.2, -0.15) is 0 Å². The lowest BCUT2D eigenvalue weighted by Gasteiger charge is -2.27. The average molecular weight is 313 g/mol. The number of amides is 1. The van der Waals surface area contributed by atoms with Crippen molar-refractivity contribution < 1.29 is 19.1 Å². The van der Waals surface area contributed by atoms with Crippen LogP contribution in [0.3, 0.4) is 0 Å². The van der Waals surface area contributed by atoms with Crippen molar-refractivity contribution in [3.05, 3.63) is 48.0 Å². The number of likely N-dealkylation sites (tertiary alicyclic amines) is 1. The molecule has 3 heterocycles. The number of hydrogen-bond donors (Lipinski definition) is 0. The Morgan fingerprint density at radius 1 is 1.39 bits per heavy atom. The Bertz CT molecular complexity index is 686. The first-order valence-corrected chi connectivity index (χ1v) is 7.88. The van der Waals surface area contributed by atoms with Crippen LogP contribution in [0.4, 0.5) is 0 Å². The summed E-state index contributed by atoms with van der Waals surface area (Å²) in [5.74, 6) is -1.40. The van der Waals surface area contributed by atoms with Crippen LogP contribution < -0.4 is 0 Å². The average Bonchev–Trinajstić information content (AvgIpc) is 3.22. The molecule has 120 valence electrons. The standard InChI is InChI=1S/C18H19NO4/c1-11(12-6-4-3-5-7-12)19-10-18-9-8-13(23-18)14(17(21)22-2)15(18)16(19)20/h3-9,11,13-15H,10H2,1-2H3/t11-,13+,14+,15-,18+/m0/s1. The minimum atomic E-state index is -0.677. The minimum Gasteiger partial charge on any atom is -0.469 e. The lowest BCUT2D eigenvalue weighted by atomic mass is 9.77. The second-order valence-corrected chi connectivity index (χ2v) is 6.48. The highest BCUT2D eigenvalue weighted by Gasteiger charge is 2.67. The van der Waals surface area contributed by atoms with Crippen molar-refractivity contribution in [1.82, 2.24) is 4.90 Å². The number of benzene rings is 1. The van der Waals surface area contributed by atoms with Crippen molar-refractivity contribution in [3.8, 4) is 0 Å². The topological polar surface area (TPSA) is 55.8 Å². The number of carbonyl (C=O) groups is 2. The monoisotopic (exact) mass is 313 g/mol. The summed E-state index contributed by atoms with van der Waals surface area (Å²) in [5, 5.41) is 0. The number of ether oxygens (including phenoxy) is 2. The van der Waals surface area contributed by atoms with Gasteiger partial charge in [-0.05, 0) is 12.5 Å². The van der Waals surface area contributed by atoms with E-state index >= 15 is 0 Å². The molecule has 3 aliphatic rings. The number of methoxy groups -OCH3 is 1. The van der Waals surface area contributed by atoms with Crippen LogP contribution in [0.15, 0.2) is 42.5 Å².